The van der Waals surface area contributed by atoms with Gasteiger partial charge in [-0.1, -0.05) is 0 Å². The van der Waals surface area contributed by atoms with Crippen LogP contribution >= 0.6 is 9.69 Å². The molecule has 0 radical (unpaired) electrons. The minimum absolute atomic E-state index is 0.255. The first-order valence-corrected chi connectivity index (χ1v) is 9.81. The van der Waals surface area contributed by atoms with Crippen LogP contribution in [0.2, 0.25) is 0 Å². The number of ether oxygens (including phenoxy) is 1. The number of rotatable bonds is 5. The van der Waals surface area contributed by atoms with E-state index in [1.54, 1.807) is 0 Å². The molecule has 0 unspecified atom stereocenters. The average molecular weight is 375 g/mol. The molecule has 0 spiro atoms. The van der Waals surface area contributed by atoms with E-state index in [1.807, 2.05) is 18.2 Å². The van der Waals surface area contributed by atoms with Crippen molar-refractivity contribution in [3.8, 4) is 5.75 Å². The van der Waals surface area contributed by atoms with E-state index in [1.165, 1.54) is 11.1 Å². The van der Waals surface area contributed by atoms with Crippen molar-refractivity contribution in [1.82, 2.24) is 0 Å². The van der Waals surface area contributed by atoms with Crippen molar-refractivity contribution < 1.29 is 20.4 Å². The second kappa shape index (κ2) is 7.71. The molecule has 20 heavy (non-hydrogen) atoms. The van der Waals surface area contributed by atoms with Crippen LogP contribution in [-0.2, 0) is 22.3 Å². The number of hydrogen-bond acceptors (Lipinski definition) is 1. The number of para-hydroxylation sites is 1. The Labute approximate surface area is 132 Å². The first-order valence-electron chi connectivity index (χ1n) is 6.57. The van der Waals surface area contributed by atoms with Gasteiger partial charge in [-0.2, -0.15) is 0 Å². The topological polar surface area (TPSA) is 9.23 Å². The molecule has 0 atom stereocenters. The van der Waals surface area contributed by atoms with Crippen molar-refractivity contribution in [2.45, 2.75) is 26.4 Å². The molecule has 0 saturated heterocycles. The van der Waals surface area contributed by atoms with E-state index < -0.39 is 0 Å². The Bertz CT molecular complexity index is 579. The van der Waals surface area contributed by atoms with Crippen LogP contribution < -0.4 is 4.74 Å². The van der Waals surface area contributed by atoms with Crippen LogP contribution in [0.15, 0.2) is 48.5 Å². The summed E-state index contributed by atoms with van der Waals surface area (Å²) in [5, 5.41) is 0. The van der Waals surface area contributed by atoms with Crippen LogP contribution in [0.5, 0.6) is 5.75 Å². The number of halogens is 1. The summed E-state index contributed by atoms with van der Waals surface area (Å²) >= 11 is -0.255. The van der Waals surface area contributed by atoms with Crippen molar-refractivity contribution in [1.29, 1.82) is 0 Å². The van der Waals surface area contributed by atoms with Gasteiger partial charge in [0.15, 0.2) is 0 Å². The SMILES string of the molecule is CC(C)c1cccc([CH]=[Ru][Cl])c1OCc1ccccc1. The molecule has 107 valence electrons. The van der Waals surface area contributed by atoms with Crippen LogP contribution in [0.3, 0.4) is 0 Å². The van der Waals surface area contributed by atoms with Gasteiger partial charge in [-0.25, -0.2) is 0 Å². The average Bonchev–Trinajstić information content (AvgIpc) is 2.47. The Morgan fingerprint density at radius 2 is 1.85 bits per heavy atom. The Kier molecular flexibility index (Phi) is 5.94. The molecular formula is C17H18ClORu. The molecule has 0 bridgehead atoms. The molecule has 0 saturated carbocycles. The predicted molar refractivity (Wildman–Crippen MR) is 82.3 cm³/mol. The quantitative estimate of drug-likeness (QED) is 0.685. The van der Waals surface area contributed by atoms with Crippen LogP contribution in [0.25, 0.3) is 0 Å². The molecule has 2 aromatic carbocycles. The summed E-state index contributed by atoms with van der Waals surface area (Å²) < 4.78 is 8.18. The minimum atomic E-state index is -0.255. The van der Waals surface area contributed by atoms with Gasteiger partial charge in [-0.05, 0) is 0 Å². The zero-order valence-corrected chi connectivity index (χ0v) is 14.1. The molecule has 2 rings (SSSR count). The van der Waals surface area contributed by atoms with E-state index in [0.29, 0.717) is 12.5 Å². The van der Waals surface area contributed by atoms with Gasteiger partial charge in [0, 0.05) is 0 Å². The zero-order valence-electron chi connectivity index (χ0n) is 11.6. The van der Waals surface area contributed by atoms with Crippen LogP contribution in [-0.4, -0.2) is 4.61 Å². The number of benzene rings is 2. The van der Waals surface area contributed by atoms with Crippen molar-refractivity contribution in [3.05, 3.63) is 65.2 Å². The maximum absolute atomic E-state index is 6.09. The third kappa shape index (κ3) is 4.01. The van der Waals surface area contributed by atoms with E-state index in [4.69, 9.17) is 14.4 Å². The van der Waals surface area contributed by atoms with Crippen molar-refractivity contribution >= 4 is 14.3 Å². The van der Waals surface area contributed by atoms with Gasteiger partial charge in [0.05, 0.1) is 0 Å². The summed E-state index contributed by atoms with van der Waals surface area (Å²) in [6.07, 6.45) is 0. The van der Waals surface area contributed by atoms with Gasteiger partial charge in [0.1, 0.15) is 0 Å². The van der Waals surface area contributed by atoms with Gasteiger partial charge < -0.3 is 0 Å². The third-order valence-corrected chi connectivity index (χ3v) is 4.26. The first-order chi connectivity index (χ1) is 9.72. The standard InChI is InChI=1S/C17H18O.ClH.Ru/c1-13(2)16-11-7-8-14(3)17(16)18-12-15-9-5-4-6-10-15;;/h3-11,13H,12H2,1-2H3;1H;/q;;+1/p-1. The van der Waals surface area contributed by atoms with E-state index in [9.17, 15) is 0 Å². The van der Waals surface area contributed by atoms with Crippen LogP contribution in [0, 0.1) is 0 Å². The molecule has 0 N–H and O–H groups in total. The Morgan fingerprint density at radius 3 is 2.50 bits per heavy atom. The summed E-state index contributed by atoms with van der Waals surface area (Å²) in [4.78, 5) is 0. The molecule has 0 heterocycles. The molecule has 1 nitrogen and oxygen atoms in total. The van der Waals surface area contributed by atoms with Crippen LogP contribution in [0.4, 0.5) is 0 Å². The normalized spacial score (nSPS) is 11.6. The fourth-order valence-corrected chi connectivity index (χ4v) is 3.14. The van der Waals surface area contributed by atoms with Crippen molar-refractivity contribution in [2.75, 3.05) is 0 Å². The molecule has 0 aromatic heterocycles. The molecule has 0 fully saturated rings. The summed E-state index contributed by atoms with van der Waals surface area (Å²) in [6.45, 7) is 4.95. The second-order valence-electron chi connectivity index (χ2n) is 4.87. The molecule has 2 aromatic rings. The van der Waals surface area contributed by atoms with E-state index in [0.717, 1.165) is 11.3 Å². The third-order valence-electron chi connectivity index (χ3n) is 3.07. The van der Waals surface area contributed by atoms with Gasteiger partial charge in [0.2, 0.25) is 0 Å². The predicted octanol–water partition coefficient (Wildman–Crippen LogP) is 4.78. The van der Waals surface area contributed by atoms with Gasteiger partial charge in [-0.15, -0.1) is 0 Å². The fraction of sp³-hybridized carbons (Fsp3) is 0.235. The van der Waals surface area contributed by atoms with Gasteiger partial charge in [0.25, 0.3) is 0 Å². The maximum atomic E-state index is 6.09. The summed E-state index contributed by atoms with van der Waals surface area (Å²) in [7, 11) is 5.94. The van der Waals surface area contributed by atoms with E-state index in [-0.39, 0.29) is 15.7 Å². The number of hydrogen-bond donors (Lipinski definition) is 0. The Morgan fingerprint density at radius 1 is 1.10 bits per heavy atom. The molecule has 0 amide bonds. The molecule has 0 aliphatic carbocycles. The van der Waals surface area contributed by atoms with E-state index >= 15 is 0 Å². The zero-order chi connectivity index (χ0) is 14.4. The molecule has 3 heteroatoms. The molecule has 0 aliphatic heterocycles. The Hall–Kier alpha value is -0.977. The summed E-state index contributed by atoms with van der Waals surface area (Å²) in [5.41, 5.74) is 3.52. The molecule has 0 aliphatic rings. The van der Waals surface area contributed by atoms with E-state index in [2.05, 4.69) is 48.8 Å². The van der Waals surface area contributed by atoms with Crippen molar-refractivity contribution in [2.24, 2.45) is 0 Å². The summed E-state index contributed by atoms with van der Waals surface area (Å²) in [5.74, 6) is 1.40. The van der Waals surface area contributed by atoms with Crippen LogP contribution in [0.1, 0.15) is 36.5 Å². The van der Waals surface area contributed by atoms with Gasteiger partial charge >= 0.3 is 132 Å². The first kappa shape index (κ1) is 15.4. The van der Waals surface area contributed by atoms with Gasteiger partial charge in [-0.3, -0.25) is 0 Å². The summed E-state index contributed by atoms with van der Waals surface area (Å²) in [6, 6.07) is 16.5. The monoisotopic (exact) mass is 375 g/mol. The molecular weight excluding hydrogens is 357 g/mol. The fourth-order valence-electron chi connectivity index (χ4n) is 2.05. The second-order valence-corrected chi connectivity index (χ2v) is 6.67. The van der Waals surface area contributed by atoms with Crippen molar-refractivity contribution in [3.63, 3.8) is 0 Å². The Balaban J connectivity index is 2.28.